The van der Waals surface area contributed by atoms with Gasteiger partial charge in [-0.05, 0) is 18.5 Å². The van der Waals surface area contributed by atoms with Gasteiger partial charge in [-0.25, -0.2) is 4.98 Å². The van der Waals surface area contributed by atoms with Crippen LogP contribution in [0.4, 0.5) is 0 Å². The van der Waals surface area contributed by atoms with E-state index in [1.54, 1.807) is 18.4 Å². The van der Waals surface area contributed by atoms with Crippen LogP contribution >= 0.6 is 11.3 Å². The van der Waals surface area contributed by atoms with Gasteiger partial charge in [0.25, 0.3) is 0 Å². The van der Waals surface area contributed by atoms with Crippen molar-refractivity contribution in [2.45, 2.75) is 13.2 Å². The summed E-state index contributed by atoms with van der Waals surface area (Å²) >= 11 is 1.68. The maximum atomic E-state index is 5.25. The van der Waals surface area contributed by atoms with Crippen molar-refractivity contribution in [1.29, 1.82) is 0 Å². The molecule has 0 atom stereocenters. The molecule has 2 heterocycles. The van der Waals surface area contributed by atoms with Gasteiger partial charge in [0, 0.05) is 30.1 Å². The van der Waals surface area contributed by atoms with Gasteiger partial charge in [-0.3, -0.25) is 4.98 Å². The van der Waals surface area contributed by atoms with Gasteiger partial charge in [0.15, 0.2) is 0 Å². The van der Waals surface area contributed by atoms with Crippen LogP contribution in [-0.4, -0.2) is 24.1 Å². The Morgan fingerprint density at radius 1 is 1.24 bits per heavy atom. The van der Waals surface area contributed by atoms with Crippen LogP contribution in [0.3, 0.4) is 0 Å². The Hall–Kier alpha value is -1.82. The number of ether oxygens (including phenoxy) is 1. The molecule has 0 aliphatic heterocycles. The van der Waals surface area contributed by atoms with E-state index in [9.17, 15) is 0 Å². The standard InChI is InChI=1S/C16H17N3OS/c1-17-9-14-13(10-20-2)19-16(21-14)15-12-6-4-3-5-11(12)7-8-18-15/h3-8,17H,9-10H2,1-2H3. The third-order valence-electron chi connectivity index (χ3n) is 3.27. The molecule has 0 aliphatic rings. The molecule has 1 aromatic carbocycles. The highest BCUT2D eigenvalue weighted by molar-refractivity contribution is 7.15. The number of nitrogens with zero attached hydrogens (tertiary/aromatic N) is 2. The summed E-state index contributed by atoms with van der Waals surface area (Å²) in [5.41, 5.74) is 1.93. The number of pyridine rings is 1. The fourth-order valence-corrected chi connectivity index (χ4v) is 3.41. The first-order valence-corrected chi connectivity index (χ1v) is 7.61. The van der Waals surface area contributed by atoms with E-state index in [1.807, 2.05) is 31.4 Å². The van der Waals surface area contributed by atoms with Gasteiger partial charge < -0.3 is 10.1 Å². The van der Waals surface area contributed by atoms with Crippen molar-refractivity contribution in [3.05, 3.63) is 47.1 Å². The number of rotatable bonds is 5. The molecule has 0 aliphatic carbocycles. The highest BCUT2D eigenvalue weighted by Gasteiger charge is 2.14. The van der Waals surface area contributed by atoms with E-state index >= 15 is 0 Å². The molecular formula is C16H17N3OS. The van der Waals surface area contributed by atoms with E-state index in [0.717, 1.165) is 28.3 Å². The van der Waals surface area contributed by atoms with Crippen LogP contribution in [-0.2, 0) is 17.9 Å². The number of fused-ring (bicyclic) bond motifs is 1. The highest BCUT2D eigenvalue weighted by atomic mass is 32.1. The highest BCUT2D eigenvalue weighted by Crippen LogP contribution is 2.31. The Labute approximate surface area is 127 Å². The molecule has 1 N–H and O–H groups in total. The van der Waals surface area contributed by atoms with Crippen LogP contribution in [0.25, 0.3) is 21.5 Å². The molecule has 0 saturated carbocycles. The summed E-state index contributed by atoms with van der Waals surface area (Å²) in [6, 6.07) is 10.3. The molecular weight excluding hydrogens is 282 g/mol. The van der Waals surface area contributed by atoms with Crippen LogP contribution in [0, 0.1) is 0 Å². The largest absolute Gasteiger partial charge is 0.378 e. The number of methoxy groups -OCH3 is 1. The Morgan fingerprint density at radius 3 is 2.90 bits per heavy atom. The second kappa shape index (κ2) is 6.30. The van der Waals surface area contributed by atoms with Crippen LogP contribution in [0.2, 0.25) is 0 Å². The predicted molar refractivity (Wildman–Crippen MR) is 86.3 cm³/mol. The lowest BCUT2D eigenvalue weighted by atomic mass is 10.1. The smallest absolute Gasteiger partial charge is 0.143 e. The molecule has 2 aromatic heterocycles. The third-order valence-corrected chi connectivity index (χ3v) is 4.38. The van der Waals surface area contributed by atoms with E-state index in [-0.39, 0.29) is 0 Å². The summed E-state index contributed by atoms with van der Waals surface area (Å²) in [6.45, 7) is 1.32. The van der Waals surface area contributed by atoms with Crippen molar-refractivity contribution in [2.75, 3.05) is 14.2 Å². The van der Waals surface area contributed by atoms with E-state index in [1.165, 1.54) is 10.3 Å². The second-order valence-electron chi connectivity index (χ2n) is 4.73. The predicted octanol–water partition coefficient (Wildman–Crippen LogP) is 3.22. The third kappa shape index (κ3) is 2.81. The Bertz CT molecular complexity index is 725. The Balaban J connectivity index is 2.12. The molecule has 3 rings (SSSR count). The van der Waals surface area contributed by atoms with Gasteiger partial charge in [-0.1, -0.05) is 24.3 Å². The lowest BCUT2D eigenvalue weighted by molar-refractivity contribution is 0.181. The summed E-state index contributed by atoms with van der Waals surface area (Å²) in [6.07, 6.45) is 1.84. The molecule has 0 radical (unpaired) electrons. The fraction of sp³-hybridized carbons (Fsp3) is 0.250. The molecule has 4 nitrogen and oxygen atoms in total. The SMILES string of the molecule is CNCc1sc(-c2nccc3ccccc23)nc1COC. The normalized spacial score (nSPS) is 11.1. The number of thiazole rings is 1. The quantitative estimate of drug-likeness (QED) is 0.786. The van der Waals surface area contributed by atoms with Gasteiger partial charge in [0.1, 0.15) is 10.7 Å². The van der Waals surface area contributed by atoms with Crippen molar-refractivity contribution in [3.8, 4) is 10.7 Å². The average molecular weight is 299 g/mol. The van der Waals surface area contributed by atoms with Crippen molar-refractivity contribution >= 4 is 22.1 Å². The summed E-state index contributed by atoms with van der Waals surface area (Å²) in [4.78, 5) is 10.5. The molecule has 21 heavy (non-hydrogen) atoms. The van der Waals surface area contributed by atoms with Gasteiger partial charge in [-0.15, -0.1) is 11.3 Å². The van der Waals surface area contributed by atoms with Crippen molar-refractivity contribution < 1.29 is 4.74 Å². The first-order chi connectivity index (χ1) is 10.3. The van der Waals surface area contributed by atoms with Gasteiger partial charge in [-0.2, -0.15) is 0 Å². The molecule has 108 valence electrons. The lowest BCUT2D eigenvalue weighted by Crippen LogP contribution is -2.06. The molecule has 5 heteroatoms. The number of hydrogen-bond acceptors (Lipinski definition) is 5. The molecule has 0 amide bonds. The second-order valence-corrected chi connectivity index (χ2v) is 5.82. The van der Waals surface area contributed by atoms with Crippen molar-refractivity contribution in [3.63, 3.8) is 0 Å². The summed E-state index contributed by atoms with van der Waals surface area (Å²) in [7, 11) is 3.63. The zero-order chi connectivity index (χ0) is 14.7. The minimum Gasteiger partial charge on any atom is -0.378 e. The maximum absolute atomic E-state index is 5.25. The molecule has 0 spiro atoms. The maximum Gasteiger partial charge on any atom is 0.143 e. The van der Waals surface area contributed by atoms with E-state index in [0.29, 0.717) is 6.61 Å². The number of nitrogens with one attached hydrogen (secondary N) is 1. The molecule has 0 fully saturated rings. The molecule has 0 saturated heterocycles. The van der Waals surface area contributed by atoms with Crippen molar-refractivity contribution in [2.24, 2.45) is 0 Å². The van der Waals surface area contributed by atoms with Gasteiger partial charge in [0.2, 0.25) is 0 Å². The first-order valence-electron chi connectivity index (χ1n) is 6.79. The Morgan fingerprint density at radius 2 is 2.10 bits per heavy atom. The minimum absolute atomic E-state index is 0.526. The minimum atomic E-state index is 0.526. The summed E-state index contributed by atoms with van der Waals surface area (Å²) in [5, 5.41) is 6.44. The van der Waals surface area contributed by atoms with E-state index < -0.39 is 0 Å². The van der Waals surface area contributed by atoms with E-state index in [4.69, 9.17) is 9.72 Å². The zero-order valence-corrected chi connectivity index (χ0v) is 12.9. The van der Waals surface area contributed by atoms with Gasteiger partial charge >= 0.3 is 0 Å². The number of aromatic nitrogens is 2. The number of benzene rings is 1. The molecule has 0 unspecified atom stereocenters. The van der Waals surface area contributed by atoms with Gasteiger partial charge in [0.05, 0.1) is 12.3 Å². The zero-order valence-electron chi connectivity index (χ0n) is 12.1. The molecule has 3 aromatic rings. The van der Waals surface area contributed by atoms with Crippen LogP contribution in [0.1, 0.15) is 10.6 Å². The Kier molecular flexibility index (Phi) is 4.24. The molecule has 0 bridgehead atoms. The fourth-order valence-electron chi connectivity index (χ4n) is 2.32. The average Bonchev–Trinajstić information content (AvgIpc) is 2.90. The summed E-state index contributed by atoms with van der Waals surface area (Å²) < 4.78 is 5.25. The number of hydrogen-bond donors (Lipinski definition) is 1. The summed E-state index contributed by atoms with van der Waals surface area (Å²) in [5.74, 6) is 0. The first kappa shape index (κ1) is 14.1. The topological polar surface area (TPSA) is 47.0 Å². The lowest BCUT2D eigenvalue weighted by Gasteiger charge is -2.01. The van der Waals surface area contributed by atoms with Crippen LogP contribution < -0.4 is 5.32 Å². The monoisotopic (exact) mass is 299 g/mol. The van der Waals surface area contributed by atoms with Crippen molar-refractivity contribution in [1.82, 2.24) is 15.3 Å². The van der Waals surface area contributed by atoms with Crippen LogP contribution in [0.5, 0.6) is 0 Å². The van der Waals surface area contributed by atoms with E-state index in [2.05, 4.69) is 22.4 Å². The van der Waals surface area contributed by atoms with Crippen LogP contribution in [0.15, 0.2) is 36.5 Å².